The van der Waals surface area contributed by atoms with E-state index in [4.69, 9.17) is 5.73 Å². The minimum atomic E-state index is -2.85. The molecule has 2 N–H and O–H groups in total. The highest BCUT2D eigenvalue weighted by Crippen LogP contribution is 2.37. The molecule has 2 rings (SSSR count). The zero-order valence-corrected chi connectivity index (χ0v) is 10.2. The average molecular weight is 255 g/mol. The Morgan fingerprint density at radius 3 is 2.67 bits per heavy atom. The molecule has 1 aromatic carbocycles. The van der Waals surface area contributed by atoms with Gasteiger partial charge in [0, 0.05) is 12.6 Å². The second kappa shape index (κ2) is 4.44. The number of rotatable bonds is 3. The molecule has 1 aliphatic rings. The number of hydrogen-bond acceptors (Lipinski definition) is 4. The van der Waals surface area contributed by atoms with E-state index in [2.05, 4.69) is 9.73 Å². The molecule has 1 aromatic rings. The molecule has 0 bridgehead atoms. The molecule has 4 nitrogen and oxygen atoms in total. The minimum absolute atomic E-state index is 0.159. The highest BCUT2D eigenvalue weighted by molar-refractivity contribution is 5.81. The quantitative estimate of drug-likeness (QED) is 0.895. The second-order valence-electron chi connectivity index (χ2n) is 4.38. The van der Waals surface area contributed by atoms with Crippen LogP contribution in [0.5, 0.6) is 5.75 Å². The summed E-state index contributed by atoms with van der Waals surface area (Å²) in [5.41, 5.74) is 5.82. The summed E-state index contributed by atoms with van der Waals surface area (Å²) in [4.78, 5) is 5.91. The maximum Gasteiger partial charge on any atom is 0.387 e. The van der Waals surface area contributed by atoms with Gasteiger partial charge in [-0.25, -0.2) is 0 Å². The molecule has 98 valence electrons. The predicted molar refractivity (Wildman–Crippen MR) is 64.7 cm³/mol. The summed E-state index contributed by atoms with van der Waals surface area (Å²) in [5, 5.41) is 0. The Morgan fingerprint density at radius 2 is 2.11 bits per heavy atom. The molecular weight excluding hydrogens is 240 g/mol. The molecular formula is C12H15F2N3O. The highest BCUT2D eigenvalue weighted by atomic mass is 19.3. The Kier molecular flexibility index (Phi) is 3.11. The number of aliphatic imine (C=N–C) groups is 1. The highest BCUT2D eigenvalue weighted by Gasteiger charge is 2.39. The van der Waals surface area contributed by atoms with E-state index in [1.165, 1.54) is 6.07 Å². The normalized spacial score (nSPS) is 23.4. The molecule has 0 amide bonds. The van der Waals surface area contributed by atoms with Gasteiger partial charge in [-0.15, -0.1) is 0 Å². The van der Waals surface area contributed by atoms with Crippen molar-refractivity contribution in [2.24, 2.45) is 10.7 Å². The van der Waals surface area contributed by atoms with Crippen LogP contribution in [-0.4, -0.2) is 31.1 Å². The lowest BCUT2D eigenvalue weighted by Crippen LogP contribution is -2.44. The van der Waals surface area contributed by atoms with Crippen LogP contribution in [0.15, 0.2) is 29.3 Å². The SMILES string of the molecule is CN1C(N)=NCC1(C)c1ccccc1OC(F)F. The first kappa shape index (κ1) is 12.6. The number of para-hydroxylation sites is 1. The van der Waals surface area contributed by atoms with Crippen molar-refractivity contribution in [3.8, 4) is 5.75 Å². The fourth-order valence-corrected chi connectivity index (χ4v) is 2.08. The summed E-state index contributed by atoms with van der Waals surface area (Å²) < 4.78 is 29.3. The van der Waals surface area contributed by atoms with Crippen molar-refractivity contribution in [2.75, 3.05) is 13.6 Å². The molecule has 0 aromatic heterocycles. The summed E-state index contributed by atoms with van der Waals surface area (Å²) in [5.74, 6) is 0.552. The summed E-state index contributed by atoms with van der Waals surface area (Å²) in [6, 6.07) is 6.71. The minimum Gasteiger partial charge on any atom is -0.434 e. The van der Waals surface area contributed by atoms with Gasteiger partial charge in [-0.05, 0) is 13.0 Å². The second-order valence-corrected chi connectivity index (χ2v) is 4.38. The number of hydrogen-bond donors (Lipinski definition) is 1. The summed E-state index contributed by atoms with van der Waals surface area (Å²) in [6.45, 7) is -0.539. The van der Waals surface area contributed by atoms with Crippen LogP contribution in [0.1, 0.15) is 12.5 Å². The topological polar surface area (TPSA) is 50.8 Å². The van der Waals surface area contributed by atoms with E-state index >= 15 is 0 Å². The number of guanidine groups is 1. The molecule has 1 atom stereocenters. The van der Waals surface area contributed by atoms with Gasteiger partial charge in [0.2, 0.25) is 0 Å². The van der Waals surface area contributed by atoms with Crippen LogP contribution in [-0.2, 0) is 5.54 Å². The molecule has 6 heteroatoms. The number of benzene rings is 1. The Balaban J connectivity index is 2.39. The fraction of sp³-hybridized carbons (Fsp3) is 0.417. The van der Waals surface area contributed by atoms with Crippen molar-refractivity contribution in [3.63, 3.8) is 0 Å². The molecule has 0 saturated heterocycles. The smallest absolute Gasteiger partial charge is 0.387 e. The van der Waals surface area contributed by atoms with E-state index in [0.717, 1.165) is 0 Å². The van der Waals surface area contributed by atoms with Crippen molar-refractivity contribution < 1.29 is 13.5 Å². The molecule has 0 spiro atoms. The van der Waals surface area contributed by atoms with Crippen LogP contribution in [0, 0.1) is 0 Å². The third-order valence-corrected chi connectivity index (χ3v) is 3.32. The van der Waals surface area contributed by atoms with Gasteiger partial charge in [-0.2, -0.15) is 8.78 Å². The van der Waals surface area contributed by atoms with Gasteiger partial charge in [-0.1, -0.05) is 18.2 Å². The number of nitrogens with two attached hydrogens (primary N) is 1. The van der Waals surface area contributed by atoms with Crippen LogP contribution < -0.4 is 10.5 Å². The fourth-order valence-electron chi connectivity index (χ4n) is 2.08. The van der Waals surface area contributed by atoms with Crippen molar-refractivity contribution >= 4 is 5.96 Å². The summed E-state index contributed by atoms with van der Waals surface area (Å²) in [6.07, 6.45) is 0. The maximum absolute atomic E-state index is 12.4. The Bertz CT molecular complexity index is 478. The van der Waals surface area contributed by atoms with Gasteiger partial charge < -0.3 is 15.4 Å². The molecule has 1 aliphatic heterocycles. The third-order valence-electron chi connectivity index (χ3n) is 3.32. The van der Waals surface area contributed by atoms with Crippen LogP contribution in [0.25, 0.3) is 0 Å². The van der Waals surface area contributed by atoms with Crippen LogP contribution >= 0.6 is 0 Å². The molecule has 0 saturated carbocycles. The number of alkyl halides is 2. The van der Waals surface area contributed by atoms with Crippen molar-refractivity contribution in [1.82, 2.24) is 4.90 Å². The lowest BCUT2D eigenvalue weighted by molar-refractivity contribution is -0.0514. The third kappa shape index (κ3) is 1.98. The molecule has 0 radical (unpaired) electrons. The van der Waals surface area contributed by atoms with Gasteiger partial charge in [0.15, 0.2) is 5.96 Å². The standard InChI is InChI=1S/C12H15F2N3O/c1-12(7-16-11(15)17(12)2)8-5-3-4-6-9(8)18-10(13)14/h3-6,10H,7H2,1-2H3,(H2,15,16). The number of ether oxygens (including phenoxy) is 1. The molecule has 0 fully saturated rings. The van der Waals surface area contributed by atoms with Crippen LogP contribution in [0.4, 0.5) is 8.78 Å². The number of nitrogens with zero attached hydrogens (tertiary/aromatic N) is 2. The molecule has 1 heterocycles. The first-order valence-corrected chi connectivity index (χ1v) is 5.53. The number of likely N-dealkylation sites (N-methyl/N-ethyl adjacent to an activating group) is 1. The lowest BCUT2D eigenvalue weighted by atomic mass is 9.90. The van der Waals surface area contributed by atoms with E-state index in [-0.39, 0.29) is 5.75 Å². The van der Waals surface area contributed by atoms with Gasteiger partial charge in [-0.3, -0.25) is 4.99 Å². The maximum atomic E-state index is 12.4. The zero-order valence-electron chi connectivity index (χ0n) is 10.2. The lowest BCUT2D eigenvalue weighted by Gasteiger charge is -2.34. The Morgan fingerprint density at radius 1 is 1.44 bits per heavy atom. The van der Waals surface area contributed by atoms with E-state index in [9.17, 15) is 8.78 Å². The Labute approximate surface area is 104 Å². The Hall–Kier alpha value is -1.85. The molecule has 1 unspecified atom stereocenters. The molecule has 0 aliphatic carbocycles. The average Bonchev–Trinajstić information content (AvgIpc) is 2.58. The number of halogens is 2. The molecule has 18 heavy (non-hydrogen) atoms. The van der Waals surface area contributed by atoms with E-state index in [0.29, 0.717) is 18.1 Å². The van der Waals surface area contributed by atoms with Crippen molar-refractivity contribution in [1.29, 1.82) is 0 Å². The van der Waals surface area contributed by atoms with Crippen LogP contribution in [0.2, 0.25) is 0 Å². The van der Waals surface area contributed by atoms with E-state index in [1.807, 2.05) is 6.92 Å². The van der Waals surface area contributed by atoms with Crippen LogP contribution in [0.3, 0.4) is 0 Å². The van der Waals surface area contributed by atoms with Crippen molar-refractivity contribution in [3.05, 3.63) is 29.8 Å². The van der Waals surface area contributed by atoms with Gasteiger partial charge in [0.25, 0.3) is 0 Å². The first-order valence-electron chi connectivity index (χ1n) is 5.53. The summed E-state index contributed by atoms with van der Waals surface area (Å²) >= 11 is 0. The van der Waals surface area contributed by atoms with Gasteiger partial charge in [0.05, 0.1) is 12.1 Å². The van der Waals surface area contributed by atoms with Crippen molar-refractivity contribution in [2.45, 2.75) is 19.1 Å². The van der Waals surface area contributed by atoms with Gasteiger partial charge in [0.1, 0.15) is 5.75 Å². The monoisotopic (exact) mass is 255 g/mol. The van der Waals surface area contributed by atoms with E-state index in [1.54, 1.807) is 30.1 Å². The van der Waals surface area contributed by atoms with E-state index < -0.39 is 12.2 Å². The first-order chi connectivity index (χ1) is 8.45. The predicted octanol–water partition coefficient (Wildman–Crippen LogP) is 1.76. The zero-order chi connectivity index (χ0) is 13.3. The summed E-state index contributed by atoms with van der Waals surface area (Å²) in [7, 11) is 1.78. The van der Waals surface area contributed by atoms with Gasteiger partial charge >= 0.3 is 6.61 Å². The largest absolute Gasteiger partial charge is 0.434 e.